The summed E-state index contributed by atoms with van der Waals surface area (Å²) in [5, 5.41) is 3.86. The van der Waals surface area contributed by atoms with Crippen LogP contribution in [0.3, 0.4) is 0 Å². The summed E-state index contributed by atoms with van der Waals surface area (Å²) < 4.78 is 4.62. The first-order chi connectivity index (χ1) is 5.29. The number of aromatic nitrogens is 1. The van der Waals surface area contributed by atoms with Crippen molar-refractivity contribution in [2.45, 2.75) is 13.3 Å². The van der Waals surface area contributed by atoms with Crippen molar-refractivity contribution in [2.75, 3.05) is 0 Å². The van der Waals surface area contributed by atoms with Gasteiger partial charge in [0.25, 0.3) is 5.88 Å². The molecule has 0 amide bonds. The highest BCUT2D eigenvalue weighted by Gasteiger charge is 2.10. The van der Waals surface area contributed by atoms with E-state index in [1.54, 1.807) is 0 Å². The van der Waals surface area contributed by atoms with Crippen LogP contribution in [0.25, 0.3) is 0 Å². The van der Waals surface area contributed by atoms with Crippen molar-refractivity contribution in [1.29, 1.82) is 0 Å². The molecule has 4 nitrogen and oxygen atoms in total. The molecule has 1 aromatic rings. The van der Waals surface area contributed by atoms with Crippen LogP contribution >= 0.6 is 11.6 Å². The number of isocyanates is 1. The van der Waals surface area contributed by atoms with E-state index in [1.807, 2.05) is 6.92 Å². The summed E-state index contributed by atoms with van der Waals surface area (Å²) in [4.78, 5) is 13.0. The lowest BCUT2D eigenvalue weighted by Gasteiger charge is -1.82. The molecule has 5 heteroatoms. The Morgan fingerprint density at radius 2 is 2.55 bits per heavy atom. The number of halogens is 1. The zero-order chi connectivity index (χ0) is 8.27. The summed E-state index contributed by atoms with van der Waals surface area (Å²) in [5.41, 5.74) is 0.598. The van der Waals surface area contributed by atoms with Crippen LogP contribution < -0.4 is 0 Å². The fraction of sp³-hybridized carbons (Fsp3) is 0.333. The first-order valence-electron chi connectivity index (χ1n) is 3.01. The van der Waals surface area contributed by atoms with E-state index in [2.05, 4.69) is 14.7 Å². The number of carbonyl (C=O) groups excluding carboxylic acids is 1. The molecule has 0 aliphatic rings. The molecule has 0 atom stereocenters. The van der Waals surface area contributed by atoms with Crippen LogP contribution in [0.5, 0.6) is 0 Å². The highest BCUT2D eigenvalue weighted by Crippen LogP contribution is 2.27. The van der Waals surface area contributed by atoms with Gasteiger partial charge in [-0.3, -0.25) is 0 Å². The predicted molar refractivity (Wildman–Crippen MR) is 38.7 cm³/mol. The average molecular weight is 173 g/mol. The quantitative estimate of drug-likeness (QED) is 0.505. The van der Waals surface area contributed by atoms with Crippen LogP contribution in [-0.4, -0.2) is 11.2 Å². The van der Waals surface area contributed by atoms with E-state index in [-0.39, 0.29) is 10.9 Å². The fourth-order valence-corrected chi connectivity index (χ4v) is 0.878. The third kappa shape index (κ3) is 1.48. The Balaban J connectivity index is 3.09. The van der Waals surface area contributed by atoms with Gasteiger partial charge in [-0.15, -0.1) is 4.99 Å². The standard InChI is InChI=1S/C6H5ClN2O2/c1-2-4-5(7)6(8-3-10)11-9-4/h2H2,1H3. The van der Waals surface area contributed by atoms with Crippen LogP contribution in [0.15, 0.2) is 9.52 Å². The second-order valence-electron chi connectivity index (χ2n) is 1.81. The summed E-state index contributed by atoms with van der Waals surface area (Å²) in [7, 11) is 0. The number of rotatable bonds is 2. The van der Waals surface area contributed by atoms with Gasteiger partial charge in [0, 0.05) is 0 Å². The molecule has 11 heavy (non-hydrogen) atoms. The molecular formula is C6H5ClN2O2. The van der Waals surface area contributed by atoms with Gasteiger partial charge in [0.2, 0.25) is 6.08 Å². The van der Waals surface area contributed by atoms with Crippen molar-refractivity contribution in [3.05, 3.63) is 10.7 Å². The third-order valence-electron chi connectivity index (χ3n) is 1.17. The molecule has 0 bridgehead atoms. The Labute approximate surface area is 67.9 Å². The van der Waals surface area contributed by atoms with E-state index >= 15 is 0 Å². The van der Waals surface area contributed by atoms with Gasteiger partial charge in [0.15, 0.2) is 0 Å². The van der Waals surface area contributed by atoms with Crippen LogP contribution in [0, 0.1) is 0 Å². The highest BCUT2D eigenvalue weighted by atomic mass is 35.5. The van der Waals surface area contributed by atoms with Crippen molar-refractivity contribution in [2.24, 2.45) is 4.99 Å². The summed E-state index contributed by atoms with van der Waals surface area (Å²) in [6, 6.07) is 0. The van der Waals surface area contributed by atoms with Gasteiger partial charge < -0.3 is 4.52 Å². The monoisotopic (exact) mass is 172 g/mol. The van der Waals surface area contributed by atoms with Crippen molar-refractivity contribution >= 4 is 23.6 Å². The molecule has 0 aliphatic heterocycles. The Bertz CT molecular complexity index is 302. The van der Waals surface area contributed by atoms with E-state index in [0.29, 0.717) is 12.1 Å². The smallest absolute Gasteiger partial charge is 0.280 e. The Hall–Kier alpha value is -1.12. The van der Waals surface area contributed by atoms with Crippen molar-refractivity contribution in [3.8, 4) is 0 Å². The van der Waals surface area contributed by atoms with E-state index < -0.39 is 0 Å². The summed E-state index contributed by atoms with van der Waals surface area (Å²) in [5.74, 6) is 0.0264. The fourth-order valence-electron chi connectivity index (χ4n) is 0.633. The minimum absolute atomic E-state index is 0.0264. The maximum Gasteiger partial charge on any atom is 0.280 e. The zero-order valence-corrected chi connectivity index (χ0v) is 6.55. The molecule has 0 spiro atoms. The van der Waals surface area contributed by atoms with Gasteiger partial charge in [0.1, 0.15) is 10.7 Å². The molecule has 58 valence electrons. The molecule has 0 N–H and O–H groups in total. The first-order valence-corrected chi connectivity index (χ1v) is 3.39. The van der Waals surface area contributed by atoms with Crippen LogP contribution in [0.4, 0.5) is 5.88 Å². The minimum atomic E-state index is 0.0264. The molecule has 0 radical (unpaired) electrons. The molecule has 0 aliphatic carbocycles. The second-order valence-corrected chi connectivity index (χ2v) is 2.18. The maximum atomic E-state index is 9.79. The normalized spacial score (nSPS) is 9.27. The second kappa shape index (κ2) is 3.32. The molecule has 1 aromatic heterocycles. The molecule has 0 saturated carbocycles. The molecular weight excluding hydrogens is 168 g/mol. The summed E-state index contributed by atoms with van der Waals surface area (Å²) in [6.45, 7) is 1.87. The van der Waals surface area contributed by atoms with Crippen LogP contribution in [-0.2, 0) is 11.2 Å². The van der Waals surface area contributed by atoms with Crippen molar-refractivity contribution in [1.82, 2.24) is 5.16 Å². The molecule has 1 heterocycles. The Morgan fingerprint density at radius 1 is 1.82 bits per heavy atom. The van der Waals surface area contributed by atoms with Gasteiger partial charge in [-0.25, -0.2) is 4.79 Å². The number of nitrogens with zero attached hydrogens (tertiary/aromatic N) is 2. The topological polar surface area (TPSA) is 55.5 Å². The maximum absolute atomic E-state index is 9.79. The first kappa shape index (κ1) is 7.98. The number of aliphatic imine (C=N–C) groups is 1. The number of aryl methyl sites for hydroxylation is 1. The van der Waals surface area contributed by atoms with E-state index in [0.717, 1.165) is 0 Å². The zero-order valence-electron chi connectivity index (χ0n) is 5.80. The highest BCUT2D eigenvalue weighted by molar-refractivity contribution is 6.33. The Morgan fingerprint density at radius 3 is 3.00 bits per heavy atom. The lowest BCUT2D eigenvalue weighted by atomic mass is 10.3. The van der Waals surface area contributed by atoms with Gasteiger partial charge in [-0.2, -0.15) is 0 Å². The van der Waals surface area contributed by atoms with E-state index in [1.165, 1.54) is 6.08 Å². The van der Waals surface area contributed by atoms with Crippen LogP contribution in [0.1, 0.15) is 12.6 Å². The Kier molecular flexibility index (Phi) is 2.41. The van der Waals surface area contributed by atoms with Gasteiger partial charge >= 0.3 is 0 Å². The summed E-state index contributed by atoms with van der Waals surface area (Å²) >= 11 is 5.67. The summed E-state index contributed by atoms with van der Waals surface area (Å²) in [6.07, 6.45) is 1.97. The molecule has 0 fully saturated rings. The average Bonchev–Trinajstić information content (AvgIpc) is 2.34. The lowest BCUT2D eigenvalue weighted by molar-refractivity contribution is 0.422. The van der Waals surface area contributed by atoms with Crippen molar-refractivity contribution < 1.29 is 9.32 Å². The van der Waals surface area contributed by atoms with Gasteiger partial charge in [0.05, 0.1) is 0 Å². The minimum Gasteiger partial charge on any atom is -0.334 e. The molecule has 0 aromatic carbocycles. The number of hydrogen-bond acceptors (Lipinski definition) is 4. The lowest BCUT2D eigenvalue weighted by Crippen LogP contribution is -1.76. The van der Waals surface area contributed by atoms with Gasteiger partial charge in [-0.05, 0) is 6.42 Å². The van der Waals surface area contributed by atoms with E-state index in [9.17, 15) is 4.79 Å². The molecule has 1 rings (SSSR count). The van der Waals surface area contributed by atoms with Gasteiger partial charge in [-0.1, -0.05) is 23.7 Å². The van der Waals surface area contributed by atoms with Crippen LogP contribution in [0.2, 0.25) is 5.02 Å². The number of hydrogen-bond donors (Lipinski definition) is 0. The SMILES string of the molecule is CCc1noc(N=C=O)c1Cl. The molecule has 0 saturated heterocycles. The predicted octanol–water partition coefficient (Wildman–Crippen LogP) is 1.86. The third-order valence-corrected chi connectivity index (χ3v) is 1.55. The molecule has 0 unspecified atom stereocenters. The largest absolute Gasteiger partial charge is 0.334 e. The van der Waals surface area contributed by atoms with E-state index in [4.69, 9.17) is 11.6 Å². The van der Waals surface area contributed by atoms with Crippen molar-refractivity contribution in [3.63, 3.8) is 0 Å².